The summed E-state index contributed by atoms with van der Waals surface area (Å²) < 4.78 is 5.34. The van der Waals surface area contributed by atoms with Crippen LogP contribution in [0.2, 0.25) is 0 Å². The highest BCUT2D eigenvalue weighted by Crippen LogP contribution is 2.51. The van der Waals surface area contributed by atoms with E-state index in [1.807, 2.05) is 50.9 Å². The number of H-pyrrole nitrogens is 1. The van der Waals surface area contributed by atoms with Crippen molar-refractivity contribution in [3.63, 3.8) is 0 Å². The first kappa shape index (κ1) is 18.9. The molecule has 0 saturated carbocycles. The zero-order chi connectivity index (χ0) is 20.0. The zero-order valence-electron chi connectivity index (χ0n) is 16.4. The van der Waals surface area contributed by atoms with E-state index in [2.05, 4.69) is 10.2 Å². The Morgan fingerprint density at radius 2 is 2.07 bits per heavy atom. The second-order valence-electron chi connectivity index (χ2n) is 6.46. The first-order valence-corrected chi connectivity index (χ1v) is 10.5. The van der Waals surface area contributed by atoms with Crippen LogP contribution in [0.25, 0.3) is 0 Å². The van der Waals surface area contributed by atoms with Crippen molar-refractivity contribution in [3.8, 4) is 5.75 Å². The van der Waals surface area contributed by atoms with Crippen molar-refractivity contribution in [2.75, 3.05) is 25.6 Å². The quantitative estimate of drug-likeness (QED) is 0.763. The molecule has 2 aliphatic heterocycles. The normalized spacial score (nSPS) is 20.5. The maximum Gasteiger partial charge on any atom is 0.269 e. The number of carbonyl (C=O) groups is 1. The predicted molar refractivity (Wildman–Crippen MR) is 114 cm³/mol. The van der Waals surface area contributed by atoms with E-state index in [1.165, 1.54) is 11.8 Å². The van der Waals surface area contributed by atoms with Gasteiger partial charge in [0.1, 0.15) is 16.3 Å². The second kappa shape index (κ2) is 7.21. The number of aromatic amines is 1. The molecule has 9 heteroatoms. The number of aryl methyl sites for hydroxylation is 2. The molecule has 0 radical (unpaired) electrons. The van der Waals surface area contributed by atoms with Gasteiger partial charge in [0.15, 0.2) is 5.17 Å². The number of methoxy groups -OCH3 is 1. The van der Waals surface area contributed by atoms with Gasteiger partial charge in [0.25, 0.3) is 5.91 Å². The van der Waals surface area contributed by atoms with E-state index in [0.717, 1.165) is 38.4 Å². The zero-order valence-corrected chi connectivity index (χ0v) is 18.0. The van der Waals surface area contributed by atoms with Gasteiger partial charge >= 0.3 is 0 Å². The molecule has 1 N–H and O–H groups in total. The van der Waals surface area contributed by atoms with Crippen molar-refractivity contribution < 1.29 is 9.53 Å². The minimum atomic E-state index is -0.0147. The molecule has 1 aromatic carbocycles. The number of nitrogens with zero attached hydrogens (tertiary/aromatic N) is 4. The number of anilines is 1. The molecule has 0 spiro atoms. The summed E-state index contributed by atoms with van der Waals surface area (Å²) in [7, 11) is 3.63. The Bertz CT molecular complexity index is 1010. The van der Waals surface area contributed by atoms with Crippen LogP contribution in [0.15, 0.2) is 38.0 Å². The standard InChI is InChI=1S/C19H21N5O2S2/c1-6-24-17(25)16(28-19(24)20-15-10(2)21-22-11(15)3)18-23(4)13-9-12(26-5)7-8-14(13)27-18/h7-9H,6H2,1-5H3,(H,21,22). The van der Waals surface area contributed by atoms with E-state index in [1.54, 1.807) is 23.8 Å². The largest absolute Gasteiger partial charge is 0.497 e. The third-order valence-corrected chi connectivity index (χ3v) is 7.14. The number of benzene rings is 1. The van der Waals surface area contributed by atoms with Gasteiger partial charge in [-0.15, -0.1) is 0 Å². The molecule has 1 saturated heterocycles. The molecule has 1 amide bonds. The number of aliphatic imine (C=N–C) groups is 1. The van der Waals surface area contributed by atoms with E-state index in [9.17, 15) is 4.79 Å². The van der Waals surface area contributed by atoms with Crippen molar-refractivity contribution in [3.05, 3.63) is 39.5 Å². The van der Waals surface area contributed by atoms with Gasteiger partial charge in [-0.25, -0.2) is 4.99 Å². The molecule has 0 unspecified atom stereocenters. The average molecular weight is 416 g/mol. The fourth-order valence-electron chi connectivity index (χ4n) is 3.16. The lowest BCUT2D eigenvalue weighted by Crippen LogP contribution is -2.29. The number of rotatable bonds is 3. The Morgan fingerprint density at radius 1 is 1.29 bits per heavy atom. The molecule has 28 heavy (non-hydrogen) atoms. The molecule has 2 aliphatic rings. The Balaban J connectivity index is 1.74. The molecule has 0 atom stereocenters. The fourth-order valence-corrected chi connectivity index (χ4v) is 5.53. The topological polar surface area (TPSA) is 73.8 Å². The van der Waals surface area contributed by atoms with Crippen molar-refractivity contribution in [2.24, 2.45) is 4.99 Å². The first-order chi connectivity index (χ1) is 13.4. The van der Waals surface area contributed by atoms with Crippen LogP contribution in [0.1, 0.15) is 18.3 Å². The second-order valence-corrected chi connectivity index (χ2v) is 8.47. The third kappa shape index (κ3) is 2.98. The number of carbonyl (C=O) groups excluding carboxylic acids is 1. The van der Waals surface area contributed by atoms with E-state index in [-0.39, 0.29) is 5.91 Å². The first-order valence-electron chi connectivity index (χ1n) is 8.88. The molecular formula is C19H21N5O2S2. The number of amides is 1. The minimum Gasteiger partial charge on any atom is -0.497 e. The van der Waals surface area contributed by atoms with Gasteiger partial charge in [0.05, 0.1) is 29.2 Å². The number of likely N-dealkylation sites (N-methyl/N-ethyl adjacent to an activating group) is 1. The molecule has 146 valence electrons. The maximum absolute atomic E-state index is 13.1. The third-order valence-electron chi connectivity index (χ3n) is 4.71. The monoisotopic (exact) mass is 415 g/mol. The highest BCUT2D eigenvalue weighted by Gasteiger charge is 2.38. The molecule has 3 heterocycles. The van der Waals surface area contributed by atoms with Crippen molar-refractivity contribution in [1.82, 2.24) is 15.1 Å². The number of fused-ring (bicyclic) bond motifs is 1. The lowest BCUT2D eigenvalue weighted by molar-refractivity contribution is -0.122. The van der Waals surface area contributed by atoms with Crippen molar-refractivity contribution in [1.29, 1.82) is 0 Å². The highest BCUT2D eigenvalue weighted by atomic mass is 32.2. The number of nitrogens with one attached hydrogen (secondary N) is 1. The molecule has 0 bridgehead atoms. The van der Waals surface area contributed by atoms with Gasteiger partial charge in [0, 0.05) is 24.6 Å². The van der Waals surface area contributed by atoms with Crippen LogP contribution in [-0.4, -0.2) is 46.9 Å². The number of amidine groups is 1. The summed E-state index contributed by atoms with van der Waals surface area (Å²) in [6.45, 7) is 6.36. The molecule has 4 rings (SSSR count). The fraction of sp³-hybridized carbons (Fsp3) is 0.316. The molecule has 1 aromatic heterocycles. The van der Waals surface area contributed by atoms with Crippen molar-refractivity contribution in [2.45, 2.75) is 25.7 Å². The van der Waals surface area contributed by atoms with E-state index in [0.29, 0.717) is 16.6 Å². The molecule has 0 aliphatic carbocycles. The summed E-state index contributed by atoms with van der Waals surface area (Å²) in [6, 6.07) is 5.95. The number of aromatic nitrogens is 2. The van der Waals surface area contributed by atoms with Crippen LogP contribution < -0.4 is 9.64 Å². The molecular weight excluding hydrogens is 394 g/mol. The predicted octanol–water partition coefficient (Wildman–Crippen LogP) is 4.03. The smallest absolute Gasteiger partial charge is 0.269 e. The number of hydrogen-bond acceptors (Lipinski definition) is 7. The van der Waals surface area contributed by atoms with Gasteiger partial charge < -0.3 is 9.64 Å². The number of ether oxygens (including phenoxy) is 1. The van der Waals surface area contributed by atoms with Gasteiger partial charge in [-0.3, -0.25) is 14.8 Å². The molecule has 1 fully saturated rings. The SMILES string of the molecule is CCN1C(=O)C(=C2Sc3ccc(OC)cc3N2C)SC1=Nc1c(C)n[nH]c1C. The van der Waals surface area contributed by atoms with Gasteiger partial charge in [-0.2, -0.15) is 5.10 Å². The van der Waals surface area contributed by atoms with Gasteiger partial charge in [0.2, 0.25) is 0 Å². The number of hydrogen-bond donors (Lipinski definition) is 1. The van der Waals surface area contributed by atoms with Crippen LogP contribution in [0.4, 0.5) is 11.4 Å². The molecule has 2 aromatic rings. The van der Waals surface area contributed by atoms with E-state index < -0.39 is 0 Å². The van der Waals surface area contributed by atoms with Crippen LogP contribution in [0, 0.1) is 13.8 Å². The lowest BCUT2D eigenvalue weighted by atomic mass is 10.3. The van der Waals surface area contributed by atoms with Crippen LogP contribution in [-0.2, 0) is 4.79 Å². The van der Waals surface area contributed by atoms with Crippen LogP contribution in [0.5, 0.6) is 5.75 Å². The minimum absolute atomic E-state index is 0.0147. The molecule has 7 nitrogen and oxygen atoms in total. The summed E-state index contributed by atoms with van der Waals surface area (Å²) >= 11 is 3.02. The lowest BCUT2D eigenvalue weighted by Gasteiger charge is -2.15. The summed E-state index contributed by atoms with van der Waals surface area (Å²) in [5.41, 5.74) is 3.54. The Kier molecular flexibility index (Phi) is 4.88. The van der Waals surface area contributed by atoms with Gasteiger partial charge in [-0.1, -0.05) is 11.8 Å². The van der Waals surface area contributed by atoms with E-state index >= 15 is 0 Å². The van der Waals surface area contributed by atoms with Crippen LogP contribution >= 0.6 is 23.5 Å². The van der Waals surface area contributed by atoms with E-state index in [4.69, 9.17) is 9.73 Å². The summed E-state index contributed by atoms with van der Waals surface area (Å²) in [5, 5.41) is 8.75. The summed E-state index contributed by atoms with van der Waals surface area (Å²) in [4.78, 5) is 23.5. The van der Waals surface area contributed by atoms with Gasteiger partial charge in [-0.05, 0) is 44.7 Å². The summed E-state index contributed by atoms with van der Waals surface area (Å²) in [5.74, 6) is 0.783. The van der Waals surface area contributed by atoms with Crippen molar-refractivity contribution >= 4 is 46.0 Å². The number of thioether (sulfide) groups is 2. The average Bonchev–Trinajstić information content (AvgIpc) is 3.30. The maximum atomic E-state index is 13.1. The Labute approximate surface area is 172 Å². The highest BCUT2D eigenvalue weighted by molar-refractivity contribution is 8.19. The Hall–Kier alpha value is -2.39. The van der Waals surface area contributed by atoms with Crippen LogP contribution in [0.3, 0.4) is 0 Å². The Morgan fingerprint density at radius 3 is 2.71 bits per heavy atom. The summed E-state index contributed by atoms with van der Waals surface area (Å²) in [6.07, 6.45) is 0.